The summed E-state index contributed by atoms with van der Waals surface area (Å²) < 4.78 is 52.3. The average Bonchev–Trinajstić information content (AvgIpc) is 3.15. The molecule has 0 aliphatic heterocycles. The van der Waals surface area contributed by atoms with Gasteiger partial charge in [0.05, 0.1) is 10.6 Å². The fourth-order valence-electron chi connectivity index (χ4n) is 6.64. The highest BCUT2D eigenvalue weighted by Gasteiger charge is 2.34. The summed E-state index contributed by atoms with van der Waals surface area (Å²) >= 11 is 0. The van der Waals surface area contributed by atoms with Crippen LogP contribution in [0, 0.1) is 41.5 Å². The van der Waals surface area contributed by atoms with E-state index in [1.54, 1.807) is 24.3 Å². The van der Waals surface area contributed by atoms with E-state index in [0.717, 1.165) is 33.4 Å². The van der Waals surface area contributed by atoms with Crippen LogP contribution in [0.1, 0.15) is 86.1 Å². The highest BCUT2D eigenvalue weighted by Crippen LogP contribution is 2.51. The molecule has 0 aliphatic carbocycles. The minimum absolute atomic E-state index is 0.0347. The van der Waals surface area contributed by atoms with Crippen molar-refractivity contribution < 1.29 is 27.2 Å². The summed E-state index contributed by atoms with van der Waals surface area (Å²) in [4.78, 5) is 0. The van der Waals surface area contributed by atoms with Crippen LogP contribution in [0.3, 0.4) is 0 Å². The maximum absolute atomic E-state index is 14.1. The van der Waals surface area contributed by atoms with Gasteiger partial charge in [0.15, 0.2) is 0 Å². The van der Waals surface area contributed by atoms with Crippen molar-refractivity contribution in [1.29, 1.82) is 0 Å². The van der Waals surface area contributed by atoms with Crippen molar-refractivity contribution in [2.24, 2.45) is 0 Å². The Morgan fingerprint density at radius 3 is 0.931 bits per heavy atom. The monoisotopic (exact) mass is 816 g/mol. The van der Waals surface area contributed by atoms with Gasteiger partial charge in [-0.25, -0.2) is 9.13 Å². The summed E-state index contributed by atoms with van der Waals surface area (Å²) in [5.74, 6) is 2.25. The molecule has 6 aromatic carbocycles. The highest BCUT2D eigenvalue weighted by molar-refractivity contribution is 7.63. The average molecular weight is 817 g/mol. The molecule has 6 rings (SSSR count). The van der Waals surface area contributed by atoms with Gasteiger partial charge in [0.1, 0.15) is 23.0 Å². The second kappa shape index (κ2) is 17.9. The lowest BCUT2D eigenvalue weighted by Gasteiger charge is -2.24. The van der Waals surface area contributed by atoms with Gasteiger partial charge in [-0.2, -0.15) is 0 Å². The standard InChI is InChI=1S/C26H31O3P.C24H27O3P/c1-25(2,3)20-12-16-22(17-13-20)28-30(27,24-10-8-7-9-11-24)29-23-18-14-21(15-19-23)26(4,5)6;1-16-12-18(3)23(19(4)13-16)26-28(25,22-10-8-7-9-11-22)27-24-20(5)14-17(2)15-21(24)6/h7-19H,1-6H3;7-15H,1-6H3. The first-order valence-corrected chi connectivity index (χ1v) is 22.7. The summed E-state index contributed by atoms with van der Waals surface area (Å²) in [6, 6.07) is 41.8. The molecule has 0 saturated heterocycles. The van der Waals surface area contributed by atoms with E-state index >= 15 is 0 Å². The van der Waals surface area contributed by atoms with E-state index in [4.69, 9.17) is 18.1 Å². The van der Waals surface area contributed by atoms with Crippen molar-refractivity contribution in [3.63, 3.8) is 0 Å². The van der Waals surface area contributed by atoms with Crippen molar-refractivity contribution in [3.05, 3.63) is 178 Å². The van der Waals surface area contributed by atoms with E-state index in [0.29, 0.717) is 33.6 Å². The quantitative estimate of drug-likeness (QED) is 0.128. The van der Waals surface area contributed by atoms with Gasteiger partial charge in [-0.15, -0.1) is 0 Å². The molecule has 0 aromatic heterocycles. The molecule has 0 heterocycles. The molecule has 0 bridgehead atoms. The zero-order valence-corrected chi connectivity index (χ0v) is 37.8. The summed E-state index contributed by atoms with van der Waals surface area (Å²) in [6.45, 7) is 24.9. The molecule has 0 spiro atoms. The molecular weight excluding hydrogens is 758 g/mol. The van der Waals surface area contributed by atoms with Crippen LogP contribution >= 0.6 is 15.2 Å². The van der Waals surface area contributed by atoms with Crippen LogP contribution < -0.4 is 28.7 Å². The zero-order valence-electron chi connectivity index (χ0n) is 36.0. The predicted octanol–water partition coefficient (Wildman–Crippen LogP) is 13.8. The predicted molar refractivity (Wildman–Crippen MR) is 241 cm³/mol. The van der Waals surface area contributed by atoms with Gasteiger partial charge in [0, 0.05) is 0 Å². The van der Waals surface area contributed by atoms with Gasteiger partial charge in [-0.1, -0.05) is 138 Å². The smallest absolute Gasteiger partial charge is 0.413 e. The summed E-state index contributed by atoms with van der Waals surface area (Å²) in [5.41, 5.74) is 8.48. The van der Waals surface area contributed by atoms with Crippen molar-refractivity contribution in [2.75, 3.05) is 0 Å². The van der Waals surface area contributed by atoms with Crippen LogP contribution in [-0.2, 0) is 20.0 Å². The van der Waals surface area contributed by atoms with Crippen molar-refractivity contribution in [1.82, 2.24) is 0 Å². The second-order valence-corrected chi connectivity index (χ2v) is 20.8. The van der Waals surface area contributed by atoms with Crippen LogP contribution in [0.2, 0.25) is 0 Å². The van der Waals surface area contributed by atoms with Crippen molar-refractivity contribution >= 4 is 25.8 Å². The lowest BCUT2D eigenvalue weighted by Crippen LogP contribution is -2.16. The summed E-state index contributed by atoms with van der Waals surface area (Å²) in [7, 11) is -7.28. The Bertz CT molecular complexity index is 2240. The topological polar surface area (TPSA) is 71.1 Å². The minimum Gasteiger partial charge on any atom is -0.413 e. The van der Waals surface area contributed by atoms with Crippen LogP contribution in [0.4, 0.5) is 0 Å². The van der Waals surface area contributed by atoms with E-state index in [1.807, 2.05) is 151 Å². The molecule has 0 atom stereocenters. The fraction of sp³-hybridized carbons (Fsp3) is 0.280. The Labute approximate surface area is 346 Å². The third-order valence-electron chi connectivity index (χ3n) is 9.67. The molecule has 0 unspecified atom stereocenters. The molecule has 304 valence electrons. The molecule has 6 aromatic rings. The lowest BCUT2D eigenvalue weighted by atomic mass is 9.87. The van der Waals surface area contributed by atoms with Crippen molar-refractivity contribution in [3.8, 4) is 23.0 Å². The Hall–Kier alpha value is -5.02. The SMILES string of the molecule is CC(C)(C)c1ccc(OP(=O)(Oc2ccc(C(C)(C)C)cc2)c2ccccc2)cc1.Cc1cc(C)c(OP(=O)(Oc2c(C)cc(C)cc2C)c2ccccc2)c(C)c1. The second-order valence-electron chi connectivity index (χ2n) is 17.0. The Morgan fingerprint density at radius 2 is 0.655 bits per heavy atom. The fourth-order valence-corrected chi connectivity index (χ4v) is 10.1. The third-order valence-corrected chi connectivity index (χ3v) is 13.3. The van der Waals surface area contributed by atoms with Crippen LogP contribution in [0.25, 0.3) is 0 Å². The molecule has 6 nitrogen and oxygen atoms in total. The van der Waals surface area contributed by atoms with Gasteiger partial charge in [0.2, 0.25) is 0 Å². The first-order valence-electron chi connectivity index (χ1n) is 19.6. The number of benzene rings is 6. The molecule has 0 aliphatic rings. The largest absolute Gasteiger partial charge is 0.462 e. The Kier molecular flexibility index (Phi) is 13.6. The van der Waals surface area contributed by atoms with E-state index < -0.39 is 15.2 Å². The first-order chi connectivity index (χ1) is 27.2. The van der Waals surface area contributed by atoms with Gasteiger partial charge >= 0.3 is 15.2 Å². The number of aryl methyl sites for hydroxylation is 6. The molecule has 0 fully saturated rings. The lowest BCUT2D eigenvalue weighted by molar-refractivity contribution is 0.394. The third kappa shape index (κ3) is 11.1. The Balaban J connectivity index is 0.000000221. The molecule has 8 heteroatoms. The van der Waals surface area contributed by atoms with Gasteiger partial charge in [-0.05, 0) is 134 Å². The molecular formula is C50H58O6P2. The normalized spacial score (nSPS) is 11.9. The first kappa shape index (κ1) is 44.1. The zero-order chi connectivity index (χ0) is 42.5. The molecule has 0 radical (unpaired) electrons. The number of rotatable bonds is 10. The van der Waals surface area contributed by atoms with Crippen molar-refractivity contribution in [2.45, 2.75) is 93.9 Å². The molecule has 0 saturated carbocycles. The molecule has 0 N–H and O–H groups in total. The van der Waals surface area contributed by atoms with E-state index in [2.05, 4.69) is 41.5 Å². The summed E-state index contributed by atoms with van der Waals surface area (Å²) in [5, 5.41) is 1.05. The van der Waals surface area contributed by atoms with Gasteiger partial charge in [-0.3, -0.25) is 0 Å². The number of hydrogen-bond acceptors (Lipinski definition) is 6. The maximum Gasteiger partial charge on any atom is 0.462 e. The van der Waals surface area contributed by atoms with E-state index in [-0.39, 0.29) is 10.8 Å². The van der Waals surface area contributed by atoms with Crippen LogP contribution in [-0.4, -0.2) is 0 Å². The number of hydrogen-bond donors (Lipinski definition) is 0. The van der Waals surface area contributed by atoms with Gasteiger partial charge < -0.3 is 18.1 Å². The minimum atomic E-state index is -3.65. The van der Waals surface area contributed by atoms with Crippen LogP contribution in [0.5, 0.6) is 23.0 Å². The van der Waals surface area contributed by atoms with E-state index in [1.165, 1.54) is 11.1 Å². The van der Waals surface area contributed by atoms with E-state index in [9.17, 15) is 9.13 Å². The highest BCUT2D eigenvalue weighted by atomic mass is 31.2. The maximum atomic E-state index is 14.1. The molecule has 0 amide bonds. The molecule has 58 heavy (non-hydrogen) atoms. The van der Waals surface area contributed by atoms with Gasteiger partial charge in [0.25, 0.3) is 0 Å². The Morgan fingerprint density at radius 1 is 0.379 bits per heavy atom. The van der Waals surface area contributed by atoms with Crippen LogP contribution in [0.15, 0.2) is 133 Å². The summed E-state index contributed by atoms with van der Waals surface area (Å²) in [6.07, 6.45) is 0.